The quantitative estimate of drug-likeness (QED) is 0.847. The van der Waals surface area contributed by atoms with Crippen molar-refractivity contribution in [3.8, 4) is 0 Å². The van der Waals surface area contributed by atoms with E-state index in [1.165, 1.54) is 63.5 Å². The van der Waals surface area contributed by atoms with Crippen LogP contribution in [0.15, 0.2) is 24.5 Å². The molecule has 5 heteroatoms. The van der Waals surface area contributed by atoms with Gasteiger partial charge in [-0.2, -0.15) is 0 Å². The summed E-state index contributed by atoms with van der Waals surface area (Å²) in [5.41, 5.74) is 1.35. The van der Waals surface area contributed by atoms with Crippen LogP contribution in [-0.4, -0.2) is 59.0 Å². The molecule has 1 N–H and O–H groups in total. The van der Waals surface area contributed by atoms with Gasteiger partial charge in [0.1, 0.15) is 0 Å². The number of piperidine rings is 2. The molecule has 154 valence electrons. The minimum atomic E-state index is 0.200. The van der Waals surface area contributed by atoms with Gasteiger partial charge in [0.25, 0.3) is 0 Å². The fourth-order valence-electron chi connectivity index (χ4n) is 5.31. The highest BCUT2D eigenvalue weighted by Crippen LogP contribution is 2.25. The van der Waals surface area contributed by atoms with Crippen LogP contribution in [-0.2, 0) is 11.3 Å². The van der Waals surface area contributed by atoms with Crippen molar-refractivity contribution < 1.29 is 4.79 Å². The van der Waals surface area contributed by atoms with Gasteiger partial charge in [0.05, 0.1) is 5.92 Å². The van der Waals surface area contributed by atoms with Gasteiger partial charge in [-0.1, -0.05) is 19.3 Å². The van der Waals surface area contributed by atoms with Crippen LogP contribution in [0, 0.1) is 5.92 Å². The molecular weight excluding hydrogens is 348 g/mol. The molecule has 5 nitrogen and oxygen atoms in total. The summed E-state index contributed by atoms with van der Waals surface area (Å²) in [7, 11) is 0. The van der Waals surface area contributed by atoms with E-state index in [1.807, 2.05) is 12.4 Å². The number of carbonyl (C=O) groups excluding carboxylic acids is 1. The number of rotatable bonds is 5. The third kappa shape index (κ3) is 5.32. The van der Waals surface area contributed by atoms with E-state index in [-0.39, 0.29) is 5.92 Å². The van der Waals surface area contributed by atoms with Gasteiger partial charge < -0.3 is 5.32 Å². The van der Waals surface area contributed by atoms with Crippen molar-refractivity contribution in [1.29, 1.82) is 0 Å². The number of nitrogens with one attached hydrogen (secondary N) is 1. The maximum Gasteiger partial charge on any atom is 0.224 e. The summed E-state index contributed by atoms with van der Waals surface area (Å²) in [5, 5.41) is 3.37. The first kappa shape index (κ1) is 19.8. The number of pyridine rings is 1. The van der Waals surface area contributed by atoms with E-state index in [1.54, 1.807) is 0 Å². The predicted molar refractivity (Wildman–Crippen MR) is 112 cm³/mol. The Morgan fingerprint density at radius 1 is 0.964 bits per heavy atom. The minimum Gasteiger partial charge on any atom is -0.353 e. The van der Waals surface area contributed by atoms with Crippen molar-refractivity contribution >= 4 is 5.91 Å². The topological polar surface area (TPSA) is 48.5 Å². The summed E-state index contributed by atoms with van der Waals surface area (Å²) in [6, 6.07) is 5.32. The number of amides is 1. The standard InChI is InChI=1S/C23H36N4O/c28-23(25-21-6-2-1-3-7-21)20-5-4-14-27(18-20)22-10-15-26(16-11-22)17-19-8-12-24-13-9-19/h8-9,12-13,20-22H,1-7,10-11,14-18H2,(H,25,28)/t20-/m1/s1. The van der Waals surface area contributed by atoms with E-state index in [0.29, 0.717) is 18.0 Å². The average molecular weight is 385 g/mol. The molecule has 28 heavy (non-hydrogen) atoms. The molecule has 0 radical (unpaired) electrons. The van der Waals surface area contributed by atoms with E-state index in [4.69, 9.17) is 0 Å². The second kappa shape index (κ2) is 9.84. The van der Waals surface area contributed by atoms with E-state index in [9.17, 15) is 4.79 Å². The molecule has 1 aromatic rings. The molecule has 3 heterocycles. The summed E-state index contributed by atoms with van der Waals surface area (Å²) >= 11 is 0. The molecule has 0 unspecified atom stereocenters. The highest BCUT2D eigenvalue weighted by atomic mass is 16.2. The lowest BCUT2D eigenvalue weighted by atomic mass is 9.91. The Morgan fingerprint density at radius 2 is 1.71 bits per heavy atom. The molecule has 0 bridgehead atoms. The third-order valence-electron chi connectivity index (χ3n) is 7.00. The van der Waals surface area contributed by atoms with Crippen LogP contribution in [0.1, 0.15) is 63.4 Å². The Balaban J connectivity index is 1.23. The smallest absolute Gasteiger partial charge is 0.224 e. The first-order chi connectivity index (χ1) is 13.8. The number of hydrogen-bond acceptors (Lipinski definition) is 4. The molecule has 4 rings (SSSR count). The minimum absolute atomic E-state index is 0.200. The lowest BCUT2D eigenvalue weighted by molar-refractivity contribution is -0.128. The van der Waals surface area contributed by atoms with Gasteiger partial charge in [0.15, 0.2) is 0 Å². The zero-order chi connectivity index (χ0) is 19.2. The summed E-state index contributed by atoms with van der Waals surface area (Å²) in [4.78, 5) is 22.1. The summed E-state index contributed by atoms with van der Waals surface area (Å²) in [5.74, 6) is 0.525. The van der Waals surface area contributed by atoms with Gasteiger partial charge in [0, 0.05) is 37.6 Å². The van der Waals surface area contributed by atoms with Crippen LogP contribution < -0.4 is 5.32 Å². The largest absolute Gasteiger partial charge is 0.353 e. The normalized spacial score (nSPS) is 26.2. The molecule has 1 saturated carbocycles. The number of carbonyl (C=O) groups is 1. The van der Waals surface area contributed by atoms with Gasteiger partial charge in [-0.15, -0.1) is 0 Å². The fourth-order valence-corrected chi connectivity index (χ4v) is 5.31. The van der Waals surface area contributed by atoms with Crippen LogP contribution in [0.2, 0.25) is 0 Å². The number of likely N-dealkylation sites (tertiary alicyclic amines) is 2. The van der Waals surface area contributed by atoms with Gasteiger partial charge in [-0.25, -0.2) is 0 Å². The van der Waals surface area contributed by atoms with Crippen LogP contribution in [0.4, 0.5) is 0 Å². The summed E-state index contributed by atoms with van der Waals surface area (Å²) in [6.07, 6.45) is 14.7. The van der Waals surface area contributed by atoms with Crippen molar-refractivity contribution in [3.05, 3.63) is 30.1 Å². The highest BCUT2D eigenvalue weighted by molar-refractivity contribution is 5.79. The third-order valence-corrected chi connectivity index (χ3v) is 7.00. The Kier molecular flexibility index (Phi) is 6.97. The zero-order valence-corrected chi connectivity index (χ0v) is 17.2. The van der Waals surface area contributed by atoms with E-state index in [2.05, 4.69) is 32.2 Å². The van der Waals surface area contributed by atoms with Gasteiger partial charge >= 0.3 is 0 Å². The zero-order valence-electron chi connectivity index (χ0n) is 17.2. The first-order valence-corrected chi connectivity index (χ1v) is 11.4. The molecule has 1 aliphatic carbocycles. The molecule has 1 atom stereocenters. The highest BCUT2D eigenvalue weighted by Gasteiger charge is 2.32. The molecule has 1 aromatic heterocycles. The Labute approximate surface area is 169 Å². The van der Waals surface area contributed by atoms with Gasteiger partial charge in [-0.3, -0.25) is 19.6 Å². The molecule has 2 saturated heterocycles. The lowest BCUT2D eigenvalue weighted by Crippen LogP contribution is -2.51. The number of nitrogens with zero attached hydrogens (tertiary/aromatic N) is 3. The predicted octanol–water partition coefficient (Wildman–Crippen LogP) is 3.21. The fraction of sp³-hybridized carbons (Fsp3) is 0.739. The molecule has 2 aliphatic heterocycles. The lowest BCUT2D eigenvalue weighted by Gasteiger charge is -2.42. The monoisotopic (exact) mass is 384 g/mol. The van der Waals surface area contributed by atoms with Gasteiger partial charge in [-0.05, 0) is 75.9 Å². The van der Waals surface area contributed by atoms with Crippen LogP contribution in [0.25, 0.3) is 0 Å². The van der Waals surface area contributed by atoms with Crippen molar-refractivity contribution in [1.82, 2.24) is 20.1 Å². The number of hydrogen-bond donors (Lipinski definition) is 1. The van der Waals surface area contributed by atoms with Crippen molar-refractivity contribution in [2.45, 2.75) is 76.4 Å². The van der Waals surface area contributed by atoms with Crippen molar-refractivity contribution in [3.63, 3.8) is 0 Å². The molecule has 0 aromatic carbocycles. The average Bonchev–Trinajstić information content (AvgIpc) is 2.76. The Bertz CT molecular complexity index is 608. The van der Waals surface area contributed by atoms with E-state index >= 15 is 0 Å². The second-order valence-electron chi connectivity index (χ2n) is 9.04. The first-order valence-electron chi connectivity index (χ1n) is 11.4. The van der Waals surface area contributed by atoms with Crippen molar-refractivity contribution in [2.75, 3.05) is 26.2 Å². The second-order valence-corrected chi connectivity index (χ2v) is 9.04. The van der Waals surface area contributed by atoms with Crippen LogP contribution in [0.5, 0.6) is 0 Å². The molecule has 0 spiro atoms. The van der Waals surface area contributed by atoms with E-state index in [0.717, 1.165) is 32.6 Å². The molecule has 3 aliphatic rings. The molecule has 3 fully saturated rings. The van der Waals surface area contributed by atoms with Crippen LogP contribution >= 0.6 is 0 Å². The molecular formula is C23H36N4O. The maximum atomic E-state index is 12.8. The maximum absolute atomic E-state index is 12.8. The van der Waals surface area contributed by atoms with Gasteiger partial charge in [0.2, 0.25) is 5.91 Å². The summed E-state index contributed by atoms with van der Waals surface area (Å²) < 4.78 is 0. The Hall–Kier alpha value is -1.46. The molecule has 1 amide bonds. The van der Waals surface area contributed by atoms with E-state index < -0.39 is 0 Å². The SMILES string of the molecule is O=C(NC1CCCCC1)[C@@H]1CCCN(C2CCN(Cc3ccncc3)CC2)C1. The Morgan fingerprint density at radius 3 is 2.46 bits per heavy atom. The van der Waals surface area contributed by atoms with Crippen molar-refractivity contribution in [2.24, 2.45) is 5.92 Å². The summed E-state index contributed by atoms with van der Waals surface area (Å²) in [6.45, 7) is 5.47. The number of aromatic nitrogens is 1. The van der Waals surface area contributed by atoms with Crippen LogP contribution in [0.3, 0.4) is 0 Å².